The molecule has 0 saturated carbocycles. The fourth-order valence-electron chi connectivity index (χ4n) is 4.69. The van der Waals surface area contributed by atoms with Crippen LogP contribution < -0.4 is 4.74 Å². The fourth-order valence-corrected chi connectivity index (χ4v) is 4.86. The third-order valence-electron chi connectivity index (χ3n) is 5.59. The summed E-state index contributed by atoms with van der Waals surface area (Å²) in [5, 5.41) is 0.781. The van der Waals surface area contributed by atoms with Crippen LogP contribution >= 0.6 is 11.6 Å². The molecule has 2 aromatic rings. The Bertz CT molecular complexity index is 752. The van der Waals surface area contributed by atoms with Gasteiger partial charge in [0.2, 0.25) is 0 Å². The maximum atomic E-state index is 6.41. The summed E-state index contributed by atoms with van der Waals surface area (Å²) in [6.45, 7) is 7.80. The van der Waals surface area contributed by atoms with E-state index in [4.69, 9.17) is 16.3 Å². The molecular weight excluding hydrogens is 330 g/mol. The molecule has 2 aliphatic heterocycles. The highest BCUT2D eigenvalue weighted by molar-refractivity contribution is 6.30. The Balaban J connectivity index is 1.91. The number of rotatable bonds is 3. The zero-order valence-corrected chi connectivity index (χ0v) is 15.9. The molecule has 0 N–H and O–H groups in total. The molecule has 25 heavy (non-hydrogen) atoms. The number of benzene rings is 2. The van der Waals surface area contributed by atoms with Gasteiger partial charge in [0.25, 0.3) is 0 Å². The topological polar surface area (TPSA) is 12.5 Å². The summed E-state index contributed by atoms with van der Waals surface area (Å²) in [6, 6.07) is 17.0. The number of likely N-dealkylation sites (tertiary alicyclic amines) is 1. The lowest BCUT2D eigenvalue weighted by Crippen LogP contribution is -2.50. The Morgan fingerprint density at radius 2 is 1.76 bits per heavy atom. The van der Waals surface area contributed by atoms with Gasteiger partial charge in [-0.2, -0.15) is 0 Å². The van der Waals surface area contributed by atoms with E-state index in [9.17, 15) is 0 Å². The standard InChI is InChI=1S/C22H26ClNO/c1-21(2)15-22(16-24-12-6-7-13-24,17-8-4-3-5-9-17)19-14-18(23)10-11-20(19)25-21/h3-5,8-11,14H,6-7,12-13,15-16H2,1-2H3. The summed E-state index contributed by atoms with van der Waals surface area (Å²) in [4.78, 5) is 2.61. The summed E-state index contributed by atoms with van der Waals surface area (Å²) in [5.74, 6) is 0.976. The van der Waals surface area contributed by atoms with Crippen LogP contribution in [-0.2, 0) is 5.41 Å². The highest BCUT2D eigenvalue weighted by Crippen LogP contribution is 2.50. The Hall–Kier alpha value is -1.51. The van der Waals surface area contributed by atoms with Gasteiger partial charge in [-0.25, -0.2) is 0 Å². The number of hydrogen-bond donors (Lipinski definition) is 0. The van der Waals surface area contributed by atoms with Crippen LogP contribution in [0.4, 0.5) is 0 Å². The largest absolute Gasteiger partial charge is 0.487 e. The molecule has 2 aliphatic rings. The van der Waals surface area contributed by atoms with Crippen LogP contribution in [0.5, 0.6) is 5.75 Å². The molecular formula is C22H26ClNO. The van der Waals surface area contributed by atoms with Crippen molar-refractivity contribution in [3.8, 4) is 5.75 Å². The summed E-state index contributed by atoms with van der Waals surface area (Å²) in [6.07, 6.45) is 3.55. The molecule has 1 atom stereocenters. The van der Waals surface area contributed by atoms with Gasteiger partial charge in [-0.1, -0.05) is 41.9 Å². The van der Waals surface area contributed by atoms with Gasteiger partial charge in [-0.15, -0.1) is 0 Å². The van der Waals surface area contributed by atoms with Crippen molar-refractivity contribution in [1.82, 2.24) is 4.90 Å². The molecule has 0 radical (unpaired) electrons. The first-order valence-electron chi connectivity index (χ1n) is 9.26. The number of ether oxygens (including phenoxy) is 1. The molecule has 4 rings (SSSR count). The third kappa shape index (κ3) is 3.18. The van der Waals surface area contributed by atoms with E-state index >= 15 is 0 Å². The number of halogens is 1. The second-order valence-electron chi connectivity index (χ2n) is 8.11. The van der Waals surface area contributed by atoms with Crippen LogP contribution in [0, 0.1) is 0 Å². The Labute approximate surface area is 155 Å². The second kappa shape index (κ2) is 6.34. The number of hydrogen-bond acceptors (Lipinski definition) is 2. The van der Waals surface area contributed by atoms with E-state index in [1.54, 1.807) is 0 Å². The highest BCUT2D eigenvalue weighted by Gasteiger charge is 2.47. The first-order chi connectivity index (χ1) is 12.0. The van der Waals surface area contributed by atoms with Crippen molar-refractivity contribution in [2.24, 2.45) is 0 Å². The number of fused-ring (bicyclic) bond motifs is 1. The summed E-state index contributed by atoms with van der Waals surface area (Å²) < 4.78 is 6.34. The molecule has 0 aliphatic carbocycles. The van der Waals surface area contributed by atoms with Crippen LogP contribution in [0.25, 0.3) is 0 Å². The molecule has 1 fully saturated rings. The average molecular weight is 356 g/mol. The van der Waals surface area contributed by atoms with Crippen LogP contribution in [0.15, 0.2) is 48.5 Å². The molecule has 2 heterocycles. The van der Waals surface area contributed by atoms with Gasteiger partial charge in [0.1, 0.15) is 11.4 Å². The predicted octanol–water partition coefficient (Wildman–Crippen LogP) is 5.28. The van der Waals surface area contributed by atoms with Gasteiger partial charge < -0.3 is 9.64 Å². The zero-order chi connectivity index (χ0) is 17.5. The zero-order valence-electron chi connectivity index (χ0n) is 15.1. The predicted molar refractivity (Wildman–Crippen MR) is 104 cm³/mol. The van der Waals surface area contributed by atoms with Gasteiger partial charge in [0.05, 0.1) is 0 Å². The Kier molecular flexibility index (Phi) is 4.29. The van der Waals surface area contributed by atoms with E-state index in [2.05, 4.69) is 55.1 Å². The van der Waals surface area contributed by atoms with Crippen molar-refractivity contribution < 1.29 is 4.74 Å². The van der Waals surface area contributed by atoms with Gasteiger partial charge >= 0.3 is 0 Å². The summed E-state index contributed by atoms with van der Waals surface area (Å²) >= 11 is 6.41. The molecule has 132 valence electrons. The molecule has 0 spiro atoms. The summed E-state index contributed by atoms with van der Waals surface area (Å²) in [5.41, 5.74) is 2.29. The Morgan fingerprint density at radius 1 is 1.04 bits per heavy atom. The molecule has 2 nitrogen and oxygen atoms in total. The van der Waals surface area contributed by atoms with Gasteiger partial charge in [-0.05, 0) is 63.5 Å². The molecule has 1 unspecified atom stereocenters. The van der Waals surface area contributed by atoms with E-state index in [0.29, 0.717) is 0 Å². The minimum Gasteiger partial charge on any atom is -0.487 e. The first kappa shape index (κ1) is 16.9. The monoisotopic (exact) mass is 355 g/mol. The SMILES string of the molecule is CC1(C)CC(CN2CCCC2)(c2ccccc2)c2cc(Cl)ccc2O1. The summed E-state index contributed by atoms with van der Waals surface area (Å²) in [7, 11) is 0. The second-order valence-corrected chi connectivity index (χ2v) is 8.55. The first-order valence-corrected chi connectivity index (χ1v) is 9.63. The van der Waals surface area contributed by atoms with E-state index < -0.39 is 0 Å². The quantitative estimate of drug-likeness (QED) is 0.742. The van der Waals surface area contributed by atoms with Gasteiger partial charge in [0, 0.05) is 29.0 Å². The van der Waals surface area contributed by atoms with Crippen LogP contribution in [0.3, 0.4) is 0 Å². The number of nitrogens with zero attached hydrogens (tertiary/aromatic N) is 1. The van der Waals surface area contributed by atoms with Crippen LogP contribution in [0.2, 0.25) is 5.02 Å². The van der Waals surface area contributed by atoms with Crippen molar-refractivity contribution in [3.63, 3.8) is 0 Å². The Morgan fingerprint density at radius 3 is 2.48 bits per heavy atom. The van der Waals surface area contributed by atoms with Crippen molar-refractivity contribution in [1.29, 1.82) is 0 Å². The van der Waals surface area contributed by atoms with E-state index in [1.165, 1.54) is 37.1 Å². The average Bonchev–Trinajstić information content (AvgIpc) is 3.08. The van der Waals surface area contributed by atoms with E-state index in [-0.39, 0.29) is 11.0 Å². The van der Waals surface area contributed by atoms with Crippen molar-refractivity contribution in [2.45, 2.75) is 44.1 Å². The van der Waals surface area contributed by atoms with Gasteiger partial charge in [-0.3, -0.25) is 0 Å². The molecule has 3 heteroatoms. The molecule has 0 aromatic heterocycles. The fraction of sp³-hybridized carbons (Fsp3) is 0.455. The third-order valence-corrected chi connectivity index (χ3v) is 5.82. The van der Waals surface area contributed by atoms with Crippen LogP contribution in [0.1, 0.15) is 44.2 Å². The van der Waals surface area contributed by atoms with Gasteiger partial charge in [0.15, 0.2) is 0 Å². The maximum Gasteiger partial charge on any atom is 0.124 e. The van der Waals surface area contributed by atoms with E-state index in [0.717, 1.165) is 23.7 Å². The maximum absolute atomic E-state index is 6.41. The van der Waals surface area contributed by atoms with Crippen LogP contribution in [-0.4, -0.2) is 30.1 Å². The molecule has 2 aromatic carbocycles. The normalized spacial score (nSPS) is 25.4. The van der Waals surface area contributed by atoms with Crippen molar-refractivity contribution in [2.75, 3.05) is 19.6 Å². The van der Waals surface area contributed by atoms with E-state index in [1.807, 2.05) is 12.1 Å². The van der Waals surface area contributed by atoms with Crippen molar-refractivity contribution in [3.05, 3.63) is 64.7 Å². The highest BCUT2D eigenvalue weighted by atomic mass is 35.5. The lowest BCUT2D eigenvalue weighted by atomic mass is 9.66. The lowest BCUT2D eigenvalue weighted by molar-refractivity contribution is 0.0449. The minimum atomic E-state index is -0.212. The molecule has 0 amide bonds. The smallest absolute Gasteiger partial charge is 0.124 e. The lowest BCUT2D eigenvalue weighted by Gasteiger charge is -2.48. The molecule has 1 saturated heterocycles. The van der Waals surface area contributed by atoms with Crippen molar-refractivity contribution >= 4 is 11.6 Å². The minimum absolute atomic E-state index is 0.0897. The molecule has 0 bridgehead atoms.